The summed E-state index contributed by atoms with van der Waals surface area (Å²) in [7, 11) is 0. The average Bonchev–Trinajstić information content (AvgIpc) is 3.08. The SMILES string of the molecule is Cc1nc([C@H]2CN(C(=O)Cc3c(C)noc3C)CCO2)n[nH]1. The van der Waals surface area contributed by atoms with Gasteiger partial charge in [-0.1, -0.05) is 5.16 Å². The Hall–Kier alpha value is -2.22. The van der Waals surface area contributed by atoms with Crippen LogP contribution in [0.4, 0.5) is 0 Å². The second-order valence-electron chi connectivity index (χ2n) is 5.46. The molecular weight excluding hydrogens is 286 g/mol. The Morgan fingerprint density at radius 1 is 1.41 bits per heavy atom. The second-order valence-corrected chi connectivity index (χ2v) is 5.46. The summed E-state index contributed by atoms with van der Waals surface area (Å²) >= 11 is 0. The number of hydrogen-bond acceptors (Lipinski definition) is 6. The van der Waals surface area contributed by atoms with Gasteiger partial charge < -0.3 is 14.2 Å². The Morgan fingerprint density at radius 2 is 2.23 bits per heavy atom. The molecule has 1 aliphatic heterocycles. The van der Waals surface area contributed by atoms with Gasteiger partial charge in [0.05, 0.1) is 25.3 Å². The summed E-state index contributed by atoms with van der Waals surface area (Å²) in [6.45, 7) is 7.01. The van der Waals surface area contributed by atoms with Crippen LogP contribution in [-0.4, -0.2) is 50.8 Å². The highest BCUT2D eigenvalue weighted by molar-refractivity contribution is 5.79. The van der Waals surface area contributed by atoms with Crippen LogP contribution in [0, 0.1) is 20.8 Å². The molecule has 0 aliphatic carbocycles. The lowest BCUT2D eigenvalue weighted by Gasteiger charge is -2.31. The molecule has 3 heterocycles. The highest BCUT2D eigenvalue weighted by Crippen LogP contribution is 2.21. The van der Waals surface area contributed by atoms with Crippen molar-refractivity contribution in [2.24, 2.45) is 0 Å². The first-order valence-corrected chi connectivity index (χ1v) is 7.24. The number of nitrogens with zero attached hydrogens (tertiary/aromatic N) is 4. The first kappa shape index (κ1) is 14.7. The van der Waals surface area contributed by atoms with Gasteiger partial charge in [0.15, 0.2) is 5.82 Å². The van der Waals surface area contributed by atoms with E-state index in [0.717, 1.165) is 17.1 Å². The number of morpholine rings is 1. The smallest absolute Gasteiger partial charge is 0.227 e. The van der Waals surface area contributed by atoms with Gasteiger partial charge in [0.2, 0.25) is 5.91 Å². The molecule has 1 saturated heterocycles. The Kier molecular flexibility index (Phi) is 3.93. The van der Waals surface area contributed by atoms with Crippen LogP contribution >= 0.6 is 0 Å². The molecule has 22 heavy (non-hydrogen) atoms. The van der Waals surface area contributed by atoms with E-state index in [1.807, 2.05) is 20.8 Å². The van der Waals surface area contributed by atoms with E-state index in [4.69, 9.17) is 9.26 Å². The zero-order valence-corrected chi connectivity index (χ0v) is 12.9. The van der Waals surface area contributed by atoms with Crippen LogP contribution in [0.1, 0.15) is 34.8 Å². The quantitative estimate of drug-likeness (QED) is 0.903. The highest BCUT2D eigenvalue weighted by atomic mass is 16.5. The first-order valence-electron chi connectivity index (χ1n) is 7.24. The van der Waals surface area contributed by atoms with Crippen molar-refractivity contribution < 1.29 is 14.1 Å². The maximum absolute atomic E-state index is 12.5. The largest absolute Gasteiger partial charge is 0.366 e. The first-order chi connectivity index (χ1) is 10.5. The van der Waals surface area contributed by atoms with E-state index in [2.05, 4.69) is 20.3 Å². The lowest BCUT2D eigenvalue weighted by Crippen LogP contribution is -2.43. The fourth-order valence-electron chi connectivity index (χ4n) is 2.55. The summed E-state index contributed by atoms with van der Waals surface area (Å²) in [5, 5.41) is 10.8. The van der Waals surface area contributed by atoms with Crippen LogP contribution in [0.15, 0.2) is 4.52 Å². The number of hydrogen-bond donors (Lipinski definition) is 1. The maximum atomic E-state index is 12.5. The molecule has 118 valence electrons. The van der Waals surface area contributed by atoms with Gasteiger partial charge in [-0.3, -0.25) is 9.89 Å². The monoisotopic (exact) mass is 305 g/mol. The van der Waals surface area contributed by atoms with Gasteiger partial charge in [0.25, 0.3) is 0 Å². The summed E-state index contributed by atoms with van der Waals surface area (Å²) in [5.74, 6) is 2.06. The highest BCUT2D eigenvalue weighted by Gasteiger charge is 2.28. The van der Waals surface area contributed by atoms with Crippen LogP contribution in [0.25, 0.3) is 0 Å². The molecule has 0 bridgehead atoms. The third kappa shape index (κ3) is 2.87. The van der Waals surface area contributed by atoms with E-state index < -0.39 is 0 Å². The zero-order valence-electron chi connectivity index (χ0n) is 12.9. The molecule has 2 aromatic heterocycles. The van der Waals surface area contributed by atoms with E-state index in [1.54, 1.807) is 4.90 Å². The van der Waals surface area contributed by atoms with Gasteiger partial charge >= 0.3 is 0 Å². The minimum absolute atomic E-state index is 0.0370. The zero-order chi connectivity index (χ0) is 15.7. The predicted octanol–water partition coefficient (Wildman–Crippen LogP) is 0.861. The van der Waals surface area contributed by atoms with Crippen molar-refractivity contribution >= 4 is 5.91 Å². The van der Waals surface area contributed by atoms with Crippen molar-refractivity contribution in [3.8, 4) is 0 Å². The Bertz CT molecular complexity index is 658. The molecule has 0 saturated carbocycles. The molecule has 0 unspecified atom stereocenters. The van der Waals surface area contributed by atoms with Crippen LogP contribution in [0.2, 0.25) is 0 Å². The van der Waals surface area contributed by atoms with Crippen molar-refractivity contribution in [3.05, 3.63) is 28.7 Å². The molecule has 0 aromatic carbocycles. The second kappa shape index (κ2) is 5.88. The van der Waals surface area contributed by atoms with Gasteiger partial charge in [-0.25, -0.2) is 4.98 Å². The van der Waals surface area contributed by atoms with Gasteiger partial charge in [0.1, 0.15) is 17.7 Å². The van der Waals surface area contributed by atoms with E-state index in [0.29, 0.717) is 37.7 Å². The van der Waals surface area contributed by atoms with Crippen molar-refractivity contribution in [3.63, 3.8) is 0 Å². The van der Waals surface area contributed by atoms with Crippen molar-refractivity contribution in [1.82, 2.24) is 25.2 Å². The molecule has 8 heteroatoms. The van der Waals surface area contributed by atoms with Crippen LogP contribution in [0.3, 0.4) is 0 Å². The fourth-order valence-corrected chi connectivity index (χ4v) is 2.55. The van der Waals surface area contributed by atoms with Crippen molar-refractivity contribution in [1.29, 1.82) is 0 Å². The molecule has 1 fully saturated rings. The molecule has 3 rings (SSSR count). The number of rotatable bonds is 3. The van der Waals surface area contributed by atoms with E-state index >= 15 is 0 Å². The maximum Gasteiger partial charge on any atom is 0.227 e. The Morgan fingerprint density at radius 3 is 2.86 bits per heavy atom. The predicted molar refractivity (Wildman–Crippen MR) is 76.1 cm³/mol. The number of carbonyl (C=O) groups is 1. The average molecular weight is 305 g/mol. The third-order valence-corrected chi connectivity index (χ3v) is 3.83. The van der Waals surface area contributed by atoms with Crippen LogP contribution < -0.4 is 0 Å². The molecule has 1 N–H and O–H groups in total. The summed E-state index contributed by atoms with van der Waals surface area (Å²) in [5.41, 5.74) is 1.63. The number of carbonyl (C=O) groups excluding carboxylic acids is 1. The third-order valence-electron chi connectivity index (χ3n) is 3.83. The van der Waals surface area contributed by atoms with E-state index in [1.165, 1.54) is 0 Å². The van der Waals surface area contributed by atoms with Gasteiger partial charge in [0, 0.05) is 12.1 Å². The summed E-state index contributed by atoms with van der Waals surface area (Å²) in [6, 6.07) is 0. The Balaban J connectivity index is 1.68. The number of H-pyrrole nitrogens is 1. The molecule has 0 radical (unpaired) electrons. The summed E-state index contributed by atoms with van der Waals surface area (Å²) < 4.78 is 10.8. The number of aryl methyl sites for hydroxylation is 3. The number of nitrogens with one attached hydrogen (secondary N) is 1. The van der Waals surface area contributed by atoms with Crippen molar-refractivity contribution in [2.75, 3.05) is 19.7 Å². The molecule has 0 spiro atoms. The van der Waals surface area contributed by atoms with Crippen molar-refractivity contribution in [2.45, 2.75) is 33.3 Å². The summed E-state index contributed by atoms with van der Waals surface area (Å²) in [4.78, 5) is 18.6. The normalized spacial score (nSPS) is 18.7. The standard InChI is InChI=1S/C14H19N5O3/c1-8-11(9(2)22-18-8)6-13(20)19-4-5-21-12(7-19)14-15-10(3)16-17-14/h12H,4-7H2,1-3H3,(H,15,16,17)/t12-/m1/s1. The van der Waals surface area contributed by atoms with Gasteiger partial charge in [-0.2, -0.15) is 5.10 Å². The van der Waals surface area contributed by atoms with Gasteiger partial charge in [-0.15, -0.1) is 0 Å². The molecule has 8 nitrogen and oxygen atoms in total. The molecule has 1 aliphatic rings. The minimum atomic E-state index is -0.285. The lowest BCUT2D eigenvalue weighted by molar-refractivity contribution is -0.138. The number of amides is 1. The van der Waals surface area contributed by atoms with Crippen LogP contribution in [-0.2, 0) is 16.0 Å². The minimum Gasteiger partial charge on any atom is -0.366 e. The molecular formula is C14H19N5O3. The topological polar surface area (TPSA) is 97.1 Å². The van der Waals surface area contributed by atoms with E-state index in [9.17, 15) is 4.79 Å². The van der Waals surface area contributed by atoms with Crippen LogP contribution in [0.5, 0.6) is 0 Å². The molecule has 2 aromatic rings. The van der Waals surface area contributed by atoms with Gasteiger partial charge in [-0.05, 0) is 20.8 Å². The molecule has 1 atom stereocenters. The lowest BCUT2D eigenvalue weighted by atomic mass is 10.1. The van der Waals surface area contributed by atoms with E-state index in [-0.39, 0.29) is 12.0 Å². The fraction of sp³-hybridized carbons (Fsp3) is 0.571. The number of aromatic nitrogens is 4. The number of aromatic amines is 1. The summed E-state index contributed by atoms with van der Waals surface area (Å²) in [6.07, 6.45) is 0.00768. The Labute approximate surface area is 127 Å². The number of ether oxygens (including phenoxy) is 1. The molecule has 1 amide bonds.